The summed E-state index contributed by atoms with van der Waals surface area (Å²) in [5, 5.41) is 2.76. The summed E-state index contributed by atoms with van der Waals surface area (Å²) in [6.07, 6.45) is 1.12. The normalized spacial score (nSPS) is 12.7. The zero-order chi connectivity index (χ0) is 24.4. The second-order valence-electron chi connectivity index (χ2n) is 7.60. The average Bonchev–Trinajstić information content (AvgIpc) is 2.74. The molecule has 0 bridgehead atoms. The molecule has 3 aromatic carbocycles. The highest BCUT2D eigenvalue weighted by atomic mass is 35.5. The van der Waals surface area contributed by atoms with Gasteiger partial charge >= 0.3 is 0 Å². The molecule has 3 rings (SSSR count). The van der Waals surface area contributed by atoms with Crippen LogP contribution in [-0.4, -0.2) is 29.0 Å². The van der Waals surface area contributed by atoms with Crippen molar-refractivity contribution < 1.29 is 21.6 Å². The van der Waals surface area contributed by atoms with Gasteiger partial charge in [0.25, 0.3) is 15.9 Å². The van der Waals surface area contributed by atoms with Crippen LogP contribution in [0.2, 0.25) is 5.02 Å². The fraction of sp³-hybridized carbons (Fsp3) is 0.174. The molecule has 0 aliphatic rings. The third-order valence-electron chi connectivity index (χ3n) is 5.03. The van der Waals surface area contributed by atoms with Crippen molar-refractivity contribution in [2.24, 2.45) is 0 Å². The van der Waals surface area contributed by atoms with Crippen LogP contribution in [0.4, 0.5) is 5.69 Å². The Bertz CT molecular complexity index is 1400. The zero-order valence-electron chi connectivity index (χ0n) is 18.2. The van der Waals surface area contributed by atoms with Gasteiger partial charge in [0.15, 0.2) is 9.84 Å². The van der Waals surface area contributed by atoms with Gasteiger partial charge in [-0.15, -0.1) is 0 Å². The zero-order valence-corrected chi connectivity index (χ0v) is 20.6. The van der Waals surface area contributed by atoms with Gasteiger partial charge in [0.1, 0.15) is 4.90 Å². The lowest BCUT2D eigenvalue weighted by molar-refractivity contribution is 0.0939. The molecule has 7 nitrogen and oxygen atoms in total. The molecule has 3 aromatic rings. The fourth-order valence-corrected chi connectivity index (χ4v) is 5.39. The van der Waals surface area contributed by atoms with Crippen LogP contribution in [0.1, 0.15) is 34.5 Å². The first-order valence-corrected chi connectivity index (χ1v) is 13.6. The van der Waals surface area contributed by atoms with E-state index in [-0.39, 0.29) is 20.4 Å². The van der Waals surface area contributed by atoms with Gasteiger partial charge < -0.3 is 5.32 Å². The van der Waals surface area contributed by atoms with Gasteiger partial charge in [-0.05, 0) is 61.4 Å². The number of carbonyl (C=O) groups is 1. The molecule has 0 heterocycles. The van der Waals surface area contributed by atoms with Crippen molar-refractivity contribution in [3.63, 3.8) is 0 Å². The van der Waals surface area contributed by atoms with Crippen LogP contribution in [0.5, 0.6) is 0 Å². The maximum absolute atomic E-state index is 12.9. The third-order valence-corrected chi connectivity index (χ3v) is 8.00. The maximum Gasteiger partial charge on any atom is 0.263 e. The highest BCUT2D eigenvalue weighted by Gasteiger charge is 2.22. The lowest BCUT2D eigenvalue weighted by Gasteiger charge is -2.16. The summed E-state index contributed by atoms with van der Waals surface area (Å²) in [6, 6.07) is 16.6. The van der Waals surface area contributed by atoms with Crippen molar-refractivity contribution >= 4 is 43.1 Å². The van der Waals surface area contributed by atoms with Crippen molar-refractivity contribution in [3.8, 4) is 0 Å². The SMILES string of the molecule is Cc1ccccc1NS(=O)(=O)c1cc(C(=O)N[C@H](C)c2ccc(S(C)(=O)=O)cc2)ccc1Cl. The molecule has 1 amide bonds. The first-order valence-electron chi connectivity index (χ1n) is 9.87. The molecule has 33 heavy (non-hydrogen) atoms. The third kappa shape index (κ3) is 5.93. The fourth-order valence-electron chi connectivity index (χ4n) is 3.10. The maximum atomic E-state index is 12.9. The minimum Gasteiger partial charge on any atom is -0.346 e. The summed E-state index contributed by atoms with van der Waals surface area (Å²) in [7, 11) is -7.36. The van der Waals surface area contributed by atoms with Gasteiger partial charge in [0.2, 0.25) is 0 Å². The number of sulfonamides is 1. The number of nitrogens with one attached hydrogen (secondary N) is 2. The van der Waals surface area contributed by atoms with E-state index in [2.05, 4.69) is 10.0 Å². The quantitative estimate of drug-likeness (QED) is 0.495. The second-order valence-corrected chi connectivity index (χ2v) is 11.7. The molecule has 0 aromatic heterocycles. The van der Waals surface area contributed by atoms with Gasteiger partial charge in [-0.2, -0.15) is 0 Å². The first kappa shape index (κ1) is 24.8. The van der Waals surface area contributed by atoms with Crippen molar-refractivity contribution in [2.75, 3.05) is 11.0 Å². The van der Waals surface area contributed by atoms with E-state index >= 15 is 0 Å². The second kappa shape index (κ2) is 9.54. The van der Waals surface area contributed by atoms with Gasteiger partial charge in [0.05, 0.1) is 21.6 Å². The number of anilines is 1. The van der Waals surface area contributed by atoms with Crippen molar-refractivity contribution in [1.82, 2.24) is 5.32 Å². The number of amides is 1. The Kier molecular flexibility index (Phi) is 7.16. The molecule has 0 aliphatic heterocycles. The molecule has 1 atom stereocenters. The smallest absolute Gasteiger partial charge is 0.263 e. The molecule has 0 aliphatic carbocycles. The van der Waals surface area contributed by atoms with Crippen molar-refractivity contribution in [1.29, 1.82) is 0 Å². The molecular formula is C23H23ClN2O5S2. The Balaban J connectivity index is 1.82. The molecule has 10 heteroatoms. The monoisotopic (exact) mass is 506 g/mol. The van der Waals surface area contributed by atoms with Gasteiger partial charge in [-0.3, -0.25) is 9.52 Å². The lowest BCUT2D eigenvalue weighted by Crippen LogP contribution is -2.27. The minimum absolute atomic E-state index is 0.0166. The number of sulfone groups is 1. The Hall–Kier alpha value is -2.88. The molecule has 174 valence electrons. The van der Waals surface area contributed by atoms with Crippen LogP contribution in [0.25, 0.3) is 0 Å². The number of para-hydroxylation sites is 1. The molecule has 0 saturated carbocycles. The van der Waals surface area contributed by atoms with E-state index in [1.165, 1.54) is 30.3 Å². The van der Waals surface area contributed by atoms with E-state index in [9.17, 15) is 21.6 Å². The van der Waals surface area contributed by atoms with E-state index in [4.69, 9.17) is 11.6 Å². The Morgan fingerprint density at radius 1 is 0.939 bits per heavy atom. The average molecular weight is 507 g/mol. The van der Waals surface area contributed by atoms with Gasteiger partial charge in [-0.25, -0.2) is 16.8 Å². The predicted octanol–water partition coefficient (Wildman–Crippen LogP) is 4.34. The number of benzene rings is 3. The van der Waals surface area contributed by atoms with Gasteiger partial charge in [0, 0.05) is 11.8 Å². The Morgan fingerprint density at radius 3 is 2.18 bits per heavy atom. The molecule has 0 fully saturated rings. The lowest BCUT2D eigenvalue weighted by atomic mass is 10.1. The van der Waals surface area contributed by atoms with Crippen LogP contribution in [0, 0.1) is 6.92 Å². The van der Waals surface area contributed by atoms with Crippen LogP contribution in [0.3, 0.4) is 0 Å². The summed E-state index contributed by atoms with van der Waals surface area (Å²) >= 11 is 6.14. The summed E-state index contributed by atoms with van der Waals surface area (Å²) < 4.78 is 51.6. The van der Waals surface area contributed by atoms with E-state index < -0.39 is 31.8 Å². The van der Waals surface area contributed by atoms with E-state index in [0.717, 1.165) is 11.8 Å². The minimum atomic E-state index is -4.04. The number of aryl methyl sites for hydroxylation is 1. The molecule has 0 radical (unpaired) electrons. The number of halogens is 1. The molecule has 0 spiro atoms. The van der Waals surface area contributed by atoms with E-state index in [0.29, 0.717) is 11.3 Å². The van der Waals surface area contributed by atoms with Crippen LogP contribution in [0.15, 0.2) is 76.5 Å². The summed E-state index contributed by atoms with van der Waals surface area (Å²) in [5.74, 6) is -0.501. The molecular weight excluding hydrogens is 484 g/mol. The summed E-state index contributed by atoms with van der Waals surface area (Å²) in [5.41, 5.74) is 1.96. The number of hydrogen-bond acceptors (Lipinski definition) is 5. The summed E-state index contributed by atoms with van der Waals surface area (Å²) in [4.78, 5) is 12.8. The van der Waals surface area contributed by atoms with Crippen LogP contribution < -0.4 is 10.0 Å². The number of rotatable bonds is 7. The van der Waals surface area contributed by atoms with E-state index in [1.807, 2.05) is 0 Å². The number of hydrogen-bond donors (Lipinski definition) is 2. The van der Waals surface area contributed by atoms with Crippen molar-refractivity contribution in [3.05, 3.63) is 88.4 Å². The predicted molar refractivity (Wildman–Crippen MR) is 129 cm³/mol. The first-order chi connectivity index (χ1) is 15.4. The molecule has 0 saturated heterocycles. The largest absolute Gasteiger partial charge is 0.346 e. The highest BCUT2D eigenvalue weighted by Crippen LogP contribution is 2.26. The standard InChI is InChI=1S/C23H23ClN2O5S2/c1-15-6-4-5-7-21(15)26-33(30,31)22-14-18(10-13-20(22)24)23(27)25-16(2)17-8-11-19(12-9-17)32(3,28)29/h4-14,16,26H,1-3H3,(H,25,27)/t16-/m1/s1. The van der Waals surface area contributed by atoms with E-state index in [1.54, 1.807) is 50.2 Å². The van der Waals surface area contributed by atoms with Crippen molar-refractivity contribution in [2.45, 2.75) is 29.7 Å². The highest BCUT2D eigenvalue weighted by molar-refractivity contribution is 7.92. The van der Waals surface area contributed by atoms with Crippen LogP contribution in [-0.2, 0) is 19.9 Å². The van der Waals surface area contributed by atoms with Gasteiger partial charge in [-0.1, -0.05) is 41.9 Å². The number of carbonyl (C=O) groups excluding carboxylic acids is 1. The molecule has 2 N–H and O–H groups in total. The topological polar surface area (TPSA) is 109 Å². The van der Waals surface area contributed by atoms with Crippen LogP contribution >= 0.6 is 11.6 Å². The summed E-state index contributed by atoms with van der Waals surface area (Å²) in [6.45, 7) is 3.51. The Morgan fingerprint density at radius 2 is 1.58 bits per heavy atom. The Labute approximate surface area is 198 Å². The molecule has 0 unspecified atom stereocenters.